The standard InChI is InChI=1S/C23H30N4O2.CH2O2/c1-3-29-15-21(28)27-13-18-12-26(11-17-8-6-10-25-23(17)24)14-20(18)22(27)19-9-5-4-7-16(19)2;2-1-3/h4-10,18,20,22H,3,11-15H2,1-2H3,(H2,24,25);1H,(H,2,3)/t18-,20-,22-;/m0./s1. The molecule has 3 N–H and O–H groups in total. The molecule has 8 heteroatoms. The Bertz CT molecular complexity index is 922. The molecule has 2 saturated heterocycles. The second-order valence-electron chi connectivity index (χ2n) is 8.26. The lowest BCUT2D eigenvalue weighted by Gasteiger charge is -2.31. The molecule has 4 rings (SSSR count). The first-order chi connectivity index (χ1) is 15.5. The Morgan fingerprint density at radius 2 is 2.00 bits per heavy atom. The van der Waals surface area contributed by atoms with E-state index in [1.165, 1.54) is 11.1 Å². The van der Waals surface area contributed by atoms with Gasteiger partial charge in [0.1, 0.15) is 12.4 Å². The van der Waals surface area contributed by atoms with Crippen molar-refractivity contribution >= 4 is 18.2 Å². The number of likely N-dealkylation sites (tertiary alicyclic amines) is 2. The van der Waals surface area contributed by atoms with Crippen molar-refractivity contribution < 1.29 is 19.4 Å². The van der Waals surface area contributed by atoms with Crippen molar-refractivity contribution in [2.75, 3.05) is 38.6 Å². The molecule has 3 heterocycles. The predicted molar refractivity (Wildman–Crippen MR) is 122 cm³/mol. The first kappa shape index (κ1) is 23.7. The Labute approximate surface area is 189 Å². The van der Waals surface area contributed by atoms with Crippen LogP contribution in [0, 0.1) is 18.8 Å². The van der Waals surface area contributed by atoms with Crippen LogP contribution in [0.1, 0.15) is 29.7 Å². The fraction of sp³-hybridized carbons (Fsp3) is 0.458. The molecule has 8 nitrogen and oxygen atoms in total. The lowest BCUT2D eigenvalue weighted by atomic mass is 9.87. The number of nitrogens with two attached hydrogens (primary N) is 1. The van der Waals surface area contributed by atoms with Gasteiger partial charge in [-0.2, -0.15) is 0 Å². The molecule has 2 aliphatic heterocycles. The Hall–Kier alpha value is -2.97. The zero-order valence-electron chi connectivity index (χ0n) is 18.7. The maximum atomic E-state index is 12.9. The van der Waals surface area contributed by atoms with Gasteiger partial charge < -0.3 is 20.5 Å². The molecule has 2 aliphatic rings. The summed E-state index contributed by atoms with van der Waals surface area (Å²) in [5.41, 5.74) is 9.63. The van der Waals surface area contributed by atoms with Gasteiger partial charge in [0.15, 0.2) is 0 Å². The van der Waals surface area contributed by atoms with Crippen molar-refractivity contribution in [1.82, 2.24) is 14.8 Å². The number of nitrogens with zero attached hydrogens (tertiary/aromatic N) is 3. The monoisotopic (exact) mass is 440 g/mol. The molecule has 2 aromatic rings. The third kappa shape index (κ3) is 5.26. The van der Waals surface area contributed by atoms with Crippen LogP contribution in [0.3, 0.4) is 0 Å². The van der Waals surface area contributed by atoms with Gasteiger partial charge in [-0.05, 0) is 37.0 Å². The minimum Gasteiger partial charge on any atom is -0.483 e. The first-order valence-electron chi connectivity index (χ1n) is 10.9. The van der Waals surface area contributed by atoms with Crippen molar-refractivity contribution in [1.29, 1.82) is 0 Å². The number of hydrogen-bond donors (Lipinski definition) is 2. The van der Waals surface area contributed by atoms with Crippen molar-refractivity contribution in [2.45, 2.75) is 26.4 Å². The maximum Gasteiger partial charge on any atom is 0.290 e. The SMILES string of the molecule is CCOCC(=O)N1C[C@@H]2CN(Cc3cccnc3N)C[C@@H]2[C@@H]1c1ccccc1C.O=CO. The Morgan fingerprint density at radius 3 is 2.69 bits per heavy atom. The lowest BCUT2D eigenvalue weighted by Crippen LogP contribution is -2.38. The van der Waals surface area contributed by atoms with Gasteiger partial charge in [0.25, 0.3) is 6.47 Å². The Kier molecular flexibility index (Phi) is 8.19. The van der Waals surface area contributed by atoms with Crippen LogP contribution in [0.15, 0.2) is 42.6 Å². The van der Waals surface area contributed by atoms with E-state index in [1.807, 2.05) is 19.1 Å². The lowest BCUT2D eigenvalue weighted by molar-refractivity contribution is -0.137. The average Bonchev–Trinajstić information content (AvgIpc) is 3.32. The third-order valence-electron chi connectivity index (χ3n) is 6.32. The van der Waals surface area contributed by atoms with Gasteiger partial charge in [-0.3, -0.25) is 14.5 Å². The van der Waals surface area contributed by atoms with Crippen molar-refractivity contribution in [3.63, 3.8) is 0 Å². The van der Waals surface area contributed by atoms with Crippen LogP contribution in [-0.4, -0.2) is 65.1 Å². The van der Waals surface area contributed by atoms with E-state index in [2.05, 4.69) is 46.0 Å². The van der Waals surface area contributed by atoms with E-state index in [-0.39, 0.29) is 25.0 Å². The highest BCUT2D eigenvalue weighted by Gasteiger charge is 2.49. The summed E-state index contributed by atoms with van der Waals surface area (Å²) in [6.07, 6.45) is 1.73. The van der Waals surface area contributed by atoms with Gasteiger partial charge in [-0.15, -0.1) is 0 Å². The second-order valence-corrected chi connectivity index (χ2v) is 8.26. The topological polar surface area (TPSA) is 109 Å². The van der Waals surface area contributed by atoms with Crippen LogP contribution in [-0.2, 0) is 20.9 Å². The second kappa shape index (κ2) is 11.1. The van der Waals surface area contributed by atoms with E-state index >= 15 is 0 Å². The van der Waals surface area contributed by atoms with Crippen LogP contribution in [0.2, 0.25) is 0 Å². The molecular weight excluding hydrogens is 408 g/mol. The Morgan fingerprint density at radius 1 is 1.25 bits per heavy atom. The molecule has 1 amide bonds. The average molecular weight is 441 g/mol. The van der Waals surface area contributed by atoms with E-state index in [0.29, 0.717) is 24.3 Å². The number of benzene rings is 1. The number of carbonyl (C=O) groups excluding carboxylic acids is 1. The summed E-state index contributed by atoms with van der Waals surface area (Å²) in [5.74, 6) is 1.58. The first-order valence-corrected chi connectivity index (χ1v) is 10.9. The highest BCUT2D eigenvalue weighted by atomic mass is 16.5. The minimum atomic E-state index is -0.250. The molecule has 0 radical (unpaired) electrons. The van der Waals surface area contributed by atoms with E-state index in [4.69, 9.17) is 20.4 Å². The number of pyridine rings is 1. The van der Waals surface area contributed by atoms with Gasteiger partial charge in [0.05, 0.1) is 6.04 Å². The molecule has 0 spiro atoms. The van der Waals surface area contributed by atoms with Crippen molar-refractivity contribution in [3.05, 3.63) is 59.3 Å². The maximum absolute atomic E-state index is 12.9. The molecule has 0 aliphatic carbocycles. The van der Waals surface area contributed by atoms with E-state index in [1.54, 1.807) is 6.20 Å². The van der Waals surface area contributed by atoms with E-state index in [0.717, 1.165) is 31.7 Å². The predicted octanol–water partition coefficient (Wildman–Crippen LogP) is 2.34. The zero-order chi connectivity index (χ0) is 23.1. The smallest absolute Gasteiger partial charge is 0.290 e. The van der Waals surface area contributed by atoms with Crippen LogP contribution < -0.4 is 5.73 Å². The highest BCUT2D eigenvalue weighted by Crippen LogP contribution is 2.46. The largest absolute Gasteiger partial charge is 0.483 e. The molecule has 2 fully saturated rings. The van der Waals surface area contributed by atoms with Gasteiger partial charge in [0, 0.05) is 50.5 Å². The molecule has 172 valence electrons. The fourth-order valence-electron chi connectivity index (χ4n) is 4.94. The third-order valence-corrected chi connectivity index (χ3v) is 6.32. The number of carbonyl (C=O) groups is 2. The Balaban J connectivity index is 0.000000913. The quantitative estimate of drug-likeness (QED) is 0.664. The van der Waals surface area contributed by atoms with Crippen LogP contribution >= 0.6 is 0 Å². The molecule has 0 saturated carbocycles. The summed E-state index contributed by atoms with van der Waals surface area (Å²) < 4.78 is 5.44. The summed E-state index contributed by atoms with van der Waals surface area (Å²) in [6, 6.07) is 12.5. The number of ether oxygens (including phenoxy) is 1. The number of fused-ring (bicyclic) bond motifs is 1. The van der Waals surface area contributed by atoms with Gasteiger partial charge in [0.2, 0.25) is 5.91 Å². The van der Waals surface area contributed by atoms with Crippen LogP contribution in [0.5, 0.6) is 0 Å². The van der Waals surface area contributed by atoms with Gasteiger partial charge in [-0.1, -0.05) is 30.3 Å². The summed E-state index contributed by atoms with van der Waals surface area (Å²) >= 11 is 0. The molecular formula is C24H32N4O4. The van der Waals surface area contributed by atoms with E-state index in [9.17, 15) is 4.79 Å². The van der Waals surface area contributed by atoms with E-state index < -0.39 is 0 Å². The number of nitrogen functional groups attached to an aromatic ring is 1. The molecule has 3 atom stereocenters. The number of amides is 1. The van der Waals surface area contributed by atoms with Crippen LogP contribution in [0.4, 0.5) is 5.82 Å². The number of hydrogen-bond acceptors (Lipinski definition) is 6. The highest BCUT2D eigenvalue weighted by molar-refractivity contribution is 5.78. The van der Waals surface area contributed by atoms with Gasteiger partial charge in [-0.25, -0.2) is 4.98 Å². The van der Waals surface area contributed by atoms with Crippen molar-refractivity contribution in [3.8, 4) is 0 Å². The van der Waals surface area contributed by atoms with Crippen LogP contribution in [0.25, 0.3) is 0 Å². The molecule has 0 unspecified atom stereocenters. The summed E-state index contributed by atoms with van der Waals surface area (Å²) in [7, 11) is 0. The van der Waals surface area contributed by atoms with Gasteiger partial charge >= 0.3 is 0 Å². The fourth-order valence-corrected chi connectivity index (χ4v) is 4.94. The molecule has 1 aromatic carbocycles. The summed E-state index contributed by atoms with van der Waals surface area (Å²) in [6.45, 7) is 8.05. The number of anilines is 1. The molecule has 0 bridgehead atoms. The summed E-state index contributed by atoms with van der Waals surface area (Å²) in [4.78, 5) is 30.0. The number of aromatic nitrogens is 1. The zero-order valence-corrected chi connectivity index (χ0v) is 18.7. The number of rotatable bonds is 6. The minimum absolute atomic E-state index is 0.0950. The van der Waals surface area contributed by atoms with Crippen molar-refractivity contribution in [2.24, 2.45) is 11.8 Å². The molecule has 32 heavy (non-hydrogen) atoms. The number of aryl methyl sites for hydroxylation is 1. The summed E-state index contributed by atoms with van der Waals surface area (Å²) in [5, 5.41) is 6.89. The normalized spacial score (nSPS) is 22.2. The molecule has 1 aromatic heterocycles. The number of carboxylic acid groups (broad SMARTS) is 1.